The highest BCUT2D eigenvalue weighted by Gasteiger charge is 2.36. The average molecular weight is 556 g/mol. The van der Waals surface area contributed by atoms with E-state index in [2.05, 4.69) is 0 Å². The van der Waals surface area contributed by atoms with E-state index in [1.54, 1.807) is 24.3 Å². The van der Waals surface area contributed by atoms with Crippen LogP contribution >= 0.6 is 0 Å². The molecule has 0 unspecified atom stereocenters. The highest BCUT2D eigenvalue weighted by molar-refractivity contribution is 7.92. The van der Waals surface area contributed by atoms with E-state index in [0.29, 0.717) is 16.7 Å². The van der Waals surface area contributed by atoms with Crippen molar-refractivity contribution in [3.63, 3.8) is 0 Å². The summed E-state index contributed by atoms with van der Waals surface area (Å²) in [6.07, 6.45) is 12.0. The molecule has 0 fully saturated rings. The number of ketones is 1. The van der Waals surface area contributed by atoms with Crippen LogP contribution in [0.2, 0.25) is 0 Å². The number of hydrogen-bond acceptors (Lipinski definition) is 5. The van der Waals surface area contributed by atoms with Crippen LogP contribution in [0.3, 0.4) is 0 Å². The summed E-state index contributed by atoms with van der Waals surface area (Å²) in [5.74, 6) is -0.926. The predicted octanol–water partition coefficient (Wildman–Crippen LogP) is 2.90. The summed E-state index contributed by atoms with van der Waals surface area (Å²) < 4.78 is 67.5. The van der Waals surface area contributed by atoms with Crippen LogP contribution in [0.4, 0.5) is 5.69 Å². The lowest BCUT2D eigenvalue weighted by molar-refractivity contribution is -0.462. The molecule has 9 nitrogen and oxygen atoms in total. The Kier molecular flexibility index (Phi) is 7.17. The van der Waals surface area contributed by atoms with Gasteiger partial charge in [0.2, 0.25) is 15.9 Å². The zero-order valence-electron chi connectivity index (χ0n) is 21.1. The summed E-state index contributed by atoms with van der Waals surface area (Å²) in [6.45, 7) is 0. The first kappa shape index (κ1) is 27.4. The van der Waals surface area contributed by atoms with Gasteiger partial charge in [-0.1, -0.05) is 18.2 Å². The lowest BCUT2D eigenvalue weighted by atomic mass is 9.80. The second-order valence-corrected chi connectivity index (χ2v) is 12.0. The van der Waals surface area contributed by atoms with Gasteiger partial charge in [0.05, 0.1) is 4.86 Å². The third-order valence-electron chi connectivity index (χ3n) is 6.21. The first-order valence-electron chi connectivity index (χ1n) is 11.4. The van der Waals surface area contributed by atoms with Gasteiger partial charge >= 0.3 is 0 Å². The van der Waals surface area contributed by atoms with Crippen molar-refractivity contribution in [3.8, 4) is 0 Å². The molecule has 11 heteroatoms. The van der Waals surface area contributed by atoms with Crippen LogP contribution in [0.5, 0.6) is 0 Å². The van der Waals surface area contributed by atoms with Crippen molar-refractivity contribution in [2.45, 2.75) is 0 Å². The maximum atomic E-state index is 13.7. The number of benzene rings is 1. The fourth-order valence-electron chi connectivity index (χ4n) is 4.25. The molecule has 0 bridgehead atoms. The van der Waals surface area contributed by atoms with E-state index in [1.165, 1.54) is 12.2 Å². The Morgan fingerprint density at radius 1 is 0.842 bits per heavy atom. The van der Waals surface area contributed by atoms with E-state index >= 15 is 0 Å². The summed E-state index contributed by atoms with van der Waals surface area (Å²) in [7, 11) is -1.80. The van der Waals surface area contributed by atoms with Crippen molar-refractivity contribution in [2.24, 2.45) is 0 Å². The Bertz CT molecular complexity index is 1710. The minimum Gasteiger partial charge on any atom is -0.378 e. The second kappa shape index (κ2) is 9.93. The summed E-state index contributed by atoms with van der Waals surface area (Å²) in [6, 6.07) is 7.32. The molecule has 3 aliphatic rings. The predicted molar refractivity (Wildman–Crippen MR) is 150 cm³/mol. The number of hydrogen-bond donors (Lipinski definition) is 3. The monoisotopic (exact) mass is 555 g/mol. The van der Waals surface area contributed by atoms with E-state index in [-0.39, 0.29) is 21.6 Å². The summed E-state index contributed by atoms with van der Waals surface area (Å²) in [5, 5.41) is 0. The molecule has 1 aromatic carbocycles. The smallest absolute Gasteiger partial charge is 0.298 e. The zero-order valence-corrected chi connectivity index (χ0v) is 22.7. The quantitative estimate of drug-likeness (QED) is 0.293. The van der Waals surface area contributed by atoms with Gasteiger partial charge < -0.3 is 4.90 Å². The van der Waals surface area contributed by atoms with Crippen LogP contribution in [-0.2, 0) is 25.0 Å². The summed E-state index contributed by atoms with van der Waals surface area (Å²) >= 11 is 0. The fourth-order valence-corrected chi connectivity index (χ4v) is 5.39. The van der Waals surface area contributed by atoms with Crippen LogP contribution < -0.4 is 4.90 Å². The number of nitrogens with zero attached hydrogens (tertiary/aromatic N) is 2. The molecule has 0 amide bonds. The number of anilines is 1. The molecule has 0 atom stereocenters. The minimum absolute atomic E-state index is 0.0146. The topological polar surface area (TPSA) is 135 Å². The van der Waals surface area contributed by atoms with Crippen molar-refractivity contribution in [1.29, 1.82) is 0 Å². The van der Waals surface area contributed by atoms with E-state index < -0.39 is 30.9 Å². The Labute approximate surface area is 221 Å². The Morgan fingerprint density at radius 2 is 1.45 bits per heavy atom. The molecular formula is C27H27N2O7S2+. The Morgan fingerprint density at radius 3 is 1.95 bits per heavy atom. The van der Waals surface area contributed by atoms with E-state index in [9.17, 15) is 31.1 Å². The second-order valence-electron chi connectivity index (χ2n) is 9.19. The molecule has 0 saturated carbocycles. The number of rotatable bonds is 4. The van der Waals surface area contributed by atoms with E-state index in [4.69, 9.17) is 0 Å². The molecule has 3 N–H and O–H groups in total. The van der Waals surface area contributed by atoms with Crippen molar-refractivity contribution >= 4 is 47.8 Å². The molecule has 0 spiro atoms. The zero-order chi connectivity index (χ0) is 28.0. The van der Waals surface area contributed by atoms with E-state index in [1.807, 2.05) is 62.0 Å². The molecule has 3 aliphatic carbocycles. The van der Waals surface area contributed by atoms with Crippen LogP contribution in [0.25, 0.3) is 5.57 Å². The lowest BCUT2D eigenvalue weighted by Gasteiger charge is -2.25. The Hall–Kier alpha value is -3.61. The molecule has 0 aliphatic heterocycles. The van der Waals surface area contributed by atoms with Crippen molar-refractivity contribution in [2.75, 3.05) is 33.1 Å². The number of fused-ring (bicyclic) bond motifs is 1. The highest BCUT2D eigenvalue weighted by Crippen LogP contribution is 2.41. The average Bonchev–Trinajstić information content (AvgIpc) is 2.84. The third-order valence-corrected chi connectivity index (χ3v) is 7.94. The van der Waals surface area contributed by atoms with Crippen LogP contribution in [0.1, 0.15) is 5.56 Å². The van der Waals surface area contributed by atoms with Gasteiger partial charge in [0, 0.05) is 43.1 Å². The van der Waals surface area contributed by atoms with Crippen molar-refractivity contribution < 1.29 is 35.7 Å². The highest BCUT2D eigenvalue weighted by atomic mass is 32.2. The minimum atomic E-state index is -4.97. The fraction of sp³-hybridized carbons (Fsp3) is 0.148. The third kappa shape index (κ3) is 5.33. The molecule has 198 valence electrons. The lowest BCUT2D eigenvalue weighted by Crippen LogP contribution is -2.23. The SMILES string of the molecule is CN(C)c1ccc(C(=C2C=CC(=[N+](C)C)C=C2)C2=C3C=CC(=S(=O)(O)O)C=C3C=C(S(=O)(=O)O)C2=O)cc1. The first-order valence-corrected chi connectivity index (χ1v) is 14.3. The van der Waals surface area contributed by atoms with Crippen LogP contribution in [-0.4, -0.2) is 75.4 Å². The molecule has 38 heavy (non-hydrogen) atoms. The van der Waals surface area contributed by atoms with Gasteiger partial charge in [0.15, 0.2) is 5.71 Å². The molecule has 0 radical (unpaired) electrons. The molecule has 4 rings (SSSR count). The van der Waals surface area contributed by atoms with Gasteiger partial charge in [-0.25, -0.2) is 8.78 Å². The van der Waals surface area contributed by atoms with Gasteiger partial charge in [-0.05, 0) is 64.8 Å². The summed E-state index contributed by atoms with van der Waals surface area (Å²) in [4.78, 5) is 14.4. The number of Topliss-reactive ketones (excluding diaryl/α,β-unsaturated/α-hetero) is 1. The first-order chi connectivity index (χ1) is 17.7. The number of carbonyl (C=O) groups is 1. The van der Waals surface area contributed by atoms with Gasteiger partial charge in [-0.15, -0.1) is 0 Å². The normalized spacial score (nSPS) is 17.4. The van der Waals surface area contributed by atoms with Gasteiger partial charge in [0.25, 0.3) is 10.1 Å². The maximum Gasteiger partial charge on any atom is 0.298 e. The number of allylic oxidation sites excluding steroid dienone is 14. The van der Waals surface area contributed by atoms with E-state index in [0.717, 1.165) is 23.6 Å². The van der Waals surface area contributed by atoms with Crippen LogP contribution in [0.15, 0.2) is 100 Å². The molecule has 0 saturated heterocycles. The van der Waals surface area contributed by atoms with Gasteiger partial charge in [-0.3, -0.25) is 18.5 Å². The van der Waals surface area contributed by atoms with Crippen LogP contribution in [0, 0.1) is 0 Å². The van der Waals surface area contributed by atoms with Crippen molar-refractivity contribution in [1.82, 2.24) is 0 Å². The molecular weight excluding hydrogens is 528 g/mol. The standard InChI is InChI=1S/C27H26N2O7S2/c1-28(2)20-9-5-17(6-10-20)25(18-7-11-21(12-8-18)29(3)4)26-23-14-13-22(37(31,32)33)15-19(23)16-24(27(26)30)38(34,35)36/h5-16H,1-4H3,(H2,31,32,33,34,35,36)/p+1. The maximum absolute atomic E-state index is 13.7. The number of carbonyl (C=O) groups excluding carboxylic acids is 1. The summed E-state index contributed by atoms with van der Waals surface area (Å²) in [5.41, 5.74) is 3.76. The molecule has 1 aromatic rings. The largest absolute Gasteiger partial charge is 0.378 e. The molecule has 0 heterocycles. The van der Waals surface area contributed by atoms with Gasteiger partial charge in [-0.2, -0.15) is 8.42 Å². The Balaban J connectivity index is 2.09. The van der Waals surface area contributed by atoms with Gasteiger partial charge in [0.1, 0.15) is 19.0 Å². The molecule has 0 aromatic heterocycles. The van der Waals surface area contributed by atoms with Crippen molar-refractivity contribution in [3.05, 3.63) is 106 Å².